The predicted octanol–water partition coefficient (Wildman–Crippen LogP) is 4.86. The highest BCUT2D eigenvalue weighted by Gasteiger charge is 2.38. The van der Waals surface area contributed by atoms with Gasteiger partial charge in [0.1, 0.15) is 10.7 Å². The Bertz CT molecular complexity index is 1380. The van der Waals surface area contributed by atoms with Crippen LogP contribution >= 0.6 is 11.6 Å². The van der Waals surface area contributed by atoms with E-state index in [1.165, 1.54) is 6.07 Å². The highest BCUT2D eigenvalue weighted by molar-refractivity contribution is 6.53. The number of esters is 1. The number of nitrogens with one attached hydrogen (secondary N) is 2. The number of halogens is 1. The van der Waals surface area contributed by atoms with E-state index in [0.717, 1.165) is 10.5 Å². The van der Waals surface area contributed by atoms with Crippen LogP contribution in [0.2, 0.25) is 0 Å². The summed E-state index contributed by atoms with van der Waals surface area (Å²) in [5.74, 6) is -2.07. The van der Waals surface area contributed by atoms with Crippen LogP contribution in [0.3, 0.4) is 0 Å². The topological polar surface area (TPSA) is 105 Å². The quantitative estimate of drug-likeness (QED) is 0.352. The Balaban J connectivity index is 1.47. The van der Waals surface area contributed by atoms with Gasteiger partial charge in [-0.2, -0.15) is 0 Å². The number of carbonyl (C=O) groups is 4. The normalized spacial score (nSPS) is 13.1. The van der Waals surface area contributed by atoms with Crippen molar-refractivity contribution in [3.05, 3.63) is 100 Å². The van der Waals surface area contributed by atoms with Gasteiger partial charge in [-0.05, 0) is 68.4 Å². The number of imide groups is 1. The van der Waals surface area contributed by atoms with Crippen molar-refractivity contribution in [2.75, 3.05) is 22.1 Å². The molecule has 3 aromatic rings. The van der Waals surface area contributed by atoms with E-state index in [-0.39, 0.29) is 17.3 Å². The first kappa shape index (κ1) is 24.7. The summed E-state index contributed by atoms with van der Waals surface area (Å²) < 4.78 is 4.95. The molecule has 182 valence electrons. The first-order valence-corrected chi connectivity index (χ1v) is 11.5. The van der Waals surface area contributed by atoms with Crippen molar-refractivity contribution >= 4 is 52.4 Å². The molecule has 0 spiro atoms. The molecule has 9 heteroatoms. The molecule has 0 unspecified atom stereocenters. The van der Waals surface area contributed by atoms with Crippen LogP contribution in [0.25, 0.3) is 0 Å². The molecule has 1 heterocycles. The van der Waals surface area contributed by atoms with E-state index in [0.29, 0.717) is 28.2 Å². The number of nitrogens with zero attached hydrogens (tertiary/aromatic N) is 1. The van der Waals surface area contributed by atoms with Crippen LogP contribution < -0.4 is 15.5 Å². The molecule has 4 rings (SSSR count). The summed E-state index contributed by atoms with van der Waals surface area (Å²) in [4.78, 5) is 51.2. The zero-order chi connectivity index (χ0) is 25.8. The molecule has 0 aliphatic carbocycles. The fourth-order valence-electron chi connectivity index (χ4n) is 3.53. The van der Waals surface area contributed by atoms with Gasteiger partial charge in [0.25, 0.3) is 17.7 Å². The van der Waals surface area contributed by atoms with Gasteiger partial charge in [0.05, 0.1) is 17.9 Å². The minimum absolute atomic E-state index is 0.0747. The molecule has 3 aromatic carbocycles. The Kier molecular flexibility index (Phi) is 7.17. The average Bonchev–Trinajstić information content (AvgIpc) is 3.08. The molecule has 8 nitrogen and oxygen atoms in total. The lowest BCUT2D eigenvalue weighted by molar-refractivity contribution is -0.120. The maximum Gasteiger partial charge on any atom is 0.338 e. The molecule has 0 saturated carbocycles. The van der Waals surface area contributed by atoms with Gasteiger partial charge in [0.2, 0.25) is 0 Å². The van der Waals surface area contributed by atoms with Crippen molar-refractivity contribution in [2.45, 2.75) is 13.8 Å². The molecule has 0 atom stereocenters. The van der Waals surface area contributed by atoms with Gasteiger partial charge >= 0.3 is 5.97 Å². The van der Waals surface area contributed by atoms with Gasteiger partial charge < -0.3 is 15.4 Å². The smallest absolute Gasteiger partial charge is 0.338 e. The van der Waals surface area contributed by atoms with Crippen LogP contribution in [0, 0.1) is 6.92 Å². The Labute approximate surface area is 212 Å². The second kappa shape index (κ2) is 10.5. The van der Waals surface area contributed by atoms with Crippen LogP contribution in [0.1, 0.15) is 33.2 Å². The summed E-state index contributed by atoms with van der Waals surface area (Å²) in [7, 11) is 0. The summed E-state index contributed by atoms with van der Waals surface area (Å²) >= 11 is 6.21. The van der Waals surface area contributed by atoms with E-state index in [2.05, 4.69) is 10.6 Å². The van der Waals surface area contributed by atoms with Crippen molar-refractivity contribution in [1.29, 1.82) is 0 Å². The minimum Gasteiger partial charge on any atom is -0.462 e. The third-order valence-electron chi connectivity index (χ3n) is 5.37. The largest absolute Gasteiger partial charge is 0.462 e. The summed E-state index contributed by atoms with van der Waals surface area (Å²) in [5.41, 5.74) is 2.89. The monoisotopic (exact) mass is 503 g/mol. The van der Waals surface area contributed by atoms with Crippen LogP contribution in [0.15, 0.2) is 83.5 Å². The summed E-state index contributed by atoms with van der Waals surface area (Å²) in [5, 5.41) is 5.39. The van der Waals surface area contributed by atoms with Crippen molar-refractivity contribution in [1.82, 2.24) is 0 Å². The van der Waals surface area contributed by atoms with E-state index in [1.54, 1.807) is 73.7 Å². The number of hydrogen-bond acceptors (Lipinski definition) is 6. The van der Waals surface area contributed by atoms with Crippen LogP contribution in [0.4, 0.5) is 17.1 Å². The lowest BCUT2D eigenvalue weighted by atomic mass is 10.1. The van der Waals surface area contributed by atoms with E-state index in [4.69, 9.17) is 16.3 Å². The van der Waals surface area contributed by atoms with Gasteiger partial charge in [-0.3, -0.25) is 14.4 Å². The van der Waals surface area contributed by atoms with Gasteiger partial charge in [0, 0.05) is 16.9 Å². The molecule has 2 N–H and O–H groups in total. The van der Waals surface area contributed by atoms with E-state index in [1.807, 2.05) is 6.92 Å². The molecule has 0 radical (unpaired) electrons. The highest BCUT2D eigenvalue weighted by atomic mass is 35.5. The zero-order valence-electron chi connectivity index (χ0n) is 19.5. The SMILES string of the molecule is CCOC(=O)c1ccc(NC(=O)c2cccc(NC3=C(Cl)C(=O)N(c4ccc(C)cc4)C3=O)c2)cc1. The molecule has 0 saturated heterocycles. The van der Waals surface area contributed by atoms with Crippen LogP contribution in [-0.4, -0.2) is 30.3 Å². The summed E-state index contributed by atoms with van der Waals surface area (Å²) in [6.07, 6.45) is 0. The van der Waals surface area contributed by atoms with Gasteiger partial charge in [-0.1, -0.05) is 35.4 Å². The molecular weight excluding hydrogens is 482 g/mol. The number of ether oxygens (including phenoxy) is 1. The van der Waals surface area contributed by atoms with Crippen molar-refractivity contribution < 1.29 is 23.9 Å². The molecular formula is C27H22ClN3O5. The Hall–Kier alpha value is -4.43. The Morgan fingerprint density at radius 1 is 0.889 bits per heavy atom. The number of benzene rings is 3. The molecule has 0 bridgehead atoms. The Morgan fingerprint density at radius 2 is 1.58 bits per heavy atom. The predicted molar refractivity (Wildman–Crippen MR) is 137 cm³/mol. The van der Waals surface area contributed by atoms with E-state index >= 15 is 0 Å². The van der Waals surface area contributed by atoms with Gasteiger partial charge in [0.15, 0.2) is 0 Å². The fraction of sp³-hybridized carbons (Fsp3) is 0.111. The van der Waals surface area contributed by atoms with Crippen LogP contribution in [0.5, 0.6) is 0 Å². The molecule has 3 amide bonds. The van der Waals surface area contributed by atoms with Gasteiger partial charge in [-0.15, -0.1) is 0 Å². The lowest BCUT2D eigenvalue weighted by Crippen LogP contribution is -2.32. The molecule has 1 aliphatic heterocycles. The Morgan fingerprint density at radius 3 is 2.25 bits per heavy atom. The number of rotatable bonds is 7. The lowest BCUT2D eigenvalue weighted by Gasteiger charge is -2.15. The molecule has 1 aliphatic rings. The second-order valence-electron chi connectivity index (χ2n) is 7.93. The molecule has 36 heavy (non-hydrogen) atoms. The van der Waals surface area contributed by atoms with Gasteiger partial charge in [-0.25, -0.2) is 9.69 Å². The first-order chi connectivity index (χ1) is 17.3. The maximum absolute atomic E-state index is 13.0. The number of anilines is 3. The van der Waals surface area contributed by atoms with Crippen molar-refractivity contribution in [3.63, 3.8) is 0 Å². The standard InChI is InChI=1S/C27H22ClN3O5/c1-3-36-27(35)17-9-11-19(12-10-17)30-24(32)18-5-4-6-20(15-18)29-23-22(28)25(33)31(26(23)34)21-13-7-16(2)8-14-21/h4-15,29H,3H2,1-2H3,(H,30,32). The average molecular weight is 504 g/mol. The van der Waals surface area contributed by atoms with Crippen LogP contribution in [-0.2, 0) is 14.3 Å². The van der Waals surface area contributed by atoms with E-state index < -0.39 is 23.7 Å². The number of hydrogen-bond donors (Lipinski definition) is 2. The molecule has 0 fully saturated rings. The third kappa shape index (κ3) is 5.13. The number of aryl methyl sites for hydroxylation is 1. The summed E-state index contributed by atoms with van der Waals surface area (Å²) in [6, 6.07) is 19.6. The third-order valence-corrected chi connectivity index (χ3v) is 5.72. The minimum atomic E-state index is -0.631. The zero-order valence-corrected chi connectivity index (χ0v) is 20.3. The first-order valence-electron chi connectivity index (χ1n) is 11.1. The fourth-order valence-corrected chi connectivity index (χ4v) is 3.74. The highest BCUT2D eigenvalue weighted by Crippen LogP contribution is 2.30. The van der Waals surface area contributed by atoms with Crippen molar-refractivity contribution in [2.24, 2.45) is 0 Å². The summed E-state index contributed by atoms with van der Waals surface area (Å²) in [6.45, 7) is 3.89. The number of carbonyl (C=O) groups excluding carboxylic acids is 4. The molecule has 0 aromatic heterocycles. The maximum atomic E-state index is 13.0. The number of amides is 3. The van der Waals surface area contributed by atoms with Crippen molar-refractivity contribution in [3.8, 4) is 0 Å². The second-order valence-corrected chi connectivity index (χ2v) is 8.31. The van der Waals surface area contributed by atoms with E-state index in [9.17, 15) is 19.2 Å².